The van der Waals surface area contributed by atoms with E-state index in [0.717, 1.165) is 12.2 Å². The lowest BCUT2D eigenvalue weighted by Gasteiger charge is -2.23. The maximum Gasteiger partial charge on any atom is 0.296 e. The molecule has 0 aromatic heterocycles. The summed E-state index contributed by atoms with van der Waals surface area (Å²) in [5.74, 6) is -0.951. The minimum absolute atomic E-state index is 0.308. The van der Waals surface area contributed by atoms with Crippen LogP contribution in [0.25, 0.3) is 0 Å². The zero-order valence-corrected chi connectivity index (χ0v) is 10.1. The lowest BCUT2D eigenvalue weighted by molar-refractivity contribution is 0.0921. The van der Waals surface area contributed by atoms with E-state index in [9.17, 15) is 9.59 Å². The normalized spacial score (nSPS) is 13.7. The summed E-state index contributed by atoms with van der Waals surface area (Å²) in [7, 11) is 0. The van der Waals surface area contributed by atoms with Crippen LogP contribution in [-0.2, 0) is 0 Å². The first kappa shape index (κ1) is 12.4. The largest absolute Gasteiger partial charge is 0.371 e. The Kier molecular flexibility index (Phi) is 3.47. The Morgan fingerprint density at radius 3 is 2.44 bits per heavy atom. The van der Waals surface area contributed by atoms with Gasteiger partial charge in [0.2, 0.25) is 0 Å². The molecule has 0 fully saturated rings. The summed E-state index contributed by atoms with van der Waals surface area (Å²) in [6.07, 6.45) is 0. The highest BCUT2D eigenvalue weighted by atomic mass is 16.2. The third-order valence-electron chi connectivity index (χ3n) is 2.84. The second kappa shape index (κ2) is 5.05. The van der Waals surface area contributed by atoms with Gasteiger partial charge in [0.25, 0.3) is 11.8 Å². The van der Waals surface area contributed by atoms with E-state index in [2.05, 4.69) is 10.2 Å². The van der Waals surface area contributed by atoms with Crippen LogP contribution < -0.4 is 10.6 Å². The minimum Gasteiger partial charge on any atom is -0.371 e. The third-order valence-corrected chi connectivity index (χ3v) is 2.84. The molecule has 0 saturated heterocycles. The van der Waals surface area contributed by atoms with Crippen molar-refractivity contribution >= 4 is 17.5 Å². The number of rotatable bonds is 4. The molecule has 94 valence electrons. The van der Waals surface area contributed by atoms with Crippen molar-refractivity contribution in [1.82, 2.24) is 0 Å². The van der Waals surface area contributed by atoms with Crippen molar-refractivity contribution in [1.29, 1.82) is 0 Å². The van der Waals surface area contributed by atoms with Crippen LogP contribution in [-0.4, -0.2) is 31.4 Å². The predicted octanol–water partition coefficient (Wildman–Crippen LogP) is 1.22. The zero-order valence-electron chi connectivity index (χ0n) is 10.1. The van der Waals surface area contributed by atoms with Crippen molar-refractivity contribution < 1.29 is 9.59 Å². The van der Waals surface area contributed by atoms with Crippen LogP contribution in [0.5, 0.6) is 0 Å². The molecule has 6 heteroatoms. The van der Waals surface area contributed by atoms with Crippen LogP contribution in [0.1, 0.15) is 27.6 Å². The van der Waals surface area contributed by atoms with Crippen molar-refractivity contribution in [3.63, 3.8) is 0 Å². The molecule has 0 spiro atoms. The Morgan fingerprint density at radius 1 is 1.17 bits per heavy atom. The van der Waals surface area contributed by atoms with E-state index in [1.54, 1.807) is 18.2 Å². The quantitative estimate of drug-likeness (QED) is 0.865. The zero-order chi connectivity index (χ0) is 13.1. The number of anilines is 1. The van der Waals surface area contributed by atoms with Crippen LogP contribution in [0.3, 0.4) is 0 Å². The van der Waals surface area contributed by atoms with Gasteiger partial charge in [-0.1, -0.05) is 0 Å². The Bertz CT molecular complexity index is 525. The van der Waals surface area contributed by atoms with Crippen molar-refractivity contribution in [3.05, 3.63) is 29.3 Å². The van der Waals surface area contributed by atoms with E-state index < -0.39 is 11.8 Å². The number of nitrogens with zero attached hydrogens (tertiary/aromatic N) is 3. The maximum atomic E-state index is 11.6. The van der Waals surface area contributed by atoms with Gasteiger partial charge >= 0.3 is 0 Å². The molecule has 1 aliphatic heterocycles. The molecular weight excluding hydrogens is 232 g/mol. The van der Waals surface area contributed by atoms with Crippen molar-refractivity contribution in [2.24, 2.45) is 16.0 Å². The number of likely N-dealkylation sites (N-methyl/N-ethyl adjacent to an activating group) is 1. The standard InChI is InChI=1S/C12H14N4O2/c1-2-16(6-5-13)8-3-4-9-10(7-8)12(18)15-14-11(9)17/h3-4,7H,2,5-6,13H2,1H3. The van der Waals surface area contributed by atoms with Crippen LogP contribution >= 0.6 is 0 Å². The van der Waals surface area contributed by atoms with Crippen molar-refractivity contribution in [3.8, 4) is 0 Å². The van der Waals surface area contributed by atoms with E-state index in [-0.39, 0.29) is 0 Å². The summed E-state index contributed by atoms with van der Waals surface area (Å²) in [5.41, 5.74) is 7.01. The van der Waals surface area contributed by atoms with Crippen LogP contribution in [0.4, 0.5) is 5.69 Å². The summed E-state index contributed by atoms with van der Waals surface area (Å²) in [5, 5.41) is 6.60. The molecule has 0 bridgehead atoms. The van der Waals surface area contributed by atoms with E-state index >= 15 is 0 Å². The van der Waals surface area contributed by atoms with Crippen LogP contribution in [0.2, 0.25) is 0 Å². The average Bonchev–Trinajstić information content (AvgIpc) is 2.40. The molecule has 1 aromatic rings. The molecule has 2 rings (SSSR count). The number of carbonyl (C=O) groups excluding carboxylic acids is 2. The van der Waals surface area contributed by atoms with Crippen LogP contribution in [0, 0.1) is 0 Å². The second-order valence-corrected chi connectivity index (χ2v) is 3.91. The number of hydrogen-bond donors (Lipinski definition) is 1. The predicted molar refractivity (Wildman–Crippen MR) is 66.9 cm³/mol. The van der Waals surface area contributed by atoms with Gasteiger partial charge in [0.15, 0.2) is 0 Å². The first-order valence-electron chi connectivity index (χ1n) is 5.76. The van der Waals surface area contributed by atoms with Gasteiger partial charge in [-0.3, -0.25) is 9.59 Å². The minimum atomic E-state index is -0.477. The van der Waals surface area contributed by atoms with Gasteiger partial charge in [0, 0.05) is 25.3 Å². The number of amides is 2. The topological polar surface area (TPSA) is 88.1 Å². The van der Waals surface area contributed by atoms with Gasteiger partial charge in [0.05, 0.1) is 11.1 Å². The number of fused-ring (bicyclic) bond motifs is 1. The first-order valence-corrected chi connectivity index (χ1v) is 5.76. The van der Waals surface area contributed by atoms with Gasteiger partial charge in [-0.05, 0) is 25.1 Å². The molecule has 0 unspecified atom stereocenters. The third kappa shape index (κ3) is 2.14. The Balaban J connectivity index is 2.41. The monoisotopic (exact) mass is 246 g/mol. The highest BCUT2D eigenvalue weighted by molar-refractivity contribution is 6.11. The fourth-order valence-corrected chi connectivity index (χ4v) is 1.92. The van der Waals surface area contributed by atoms with Crippen LogP contribution in [0.15, 0.2) is 28.4 Å². The first-order chi connectivity index (χ1) is 8.67. The molecule has 1 aromatic carbocycles. The smallest absolute Gasteiger partial charge is 0.296 e. The molecule has 0 saturated carbocycles. The summed E-state index contributed by atoms with van der Waals surface area (Å²) >= 11 is 0. The molecule has 6 nitrogen and oxygen atoms in total. The van der Waals surface area contributed by atoms with Crippen molar-refractivity contribution in [2.45, 2.75) is 6.92 Å². The maximum absolute atomic E-state index is 11.6. The summed E-state index contributed by atoms with van der Waals surface area (Å²) < 4.78 is 0. The lowest BCUT2D eigenvalue weighted by Crippen LogP contribution is -2.29. The van der Waals surface area contributed by atoms with Gasteiger partial charge in [-0.25, -0.2) is 0 Å². The fourth-order valence-electron chi connectivity index (χ4n) is 1.92. The summed E-state index contributed by atoms with van der Waals surface area (Å²) in [6, 6.07) is 5.08. The summed E-state index contributed by atoms with van der Waals surface area (Å²) in [4.78, 5) is 25.1. The fraction of sp³-hybridized carbons (Fsp3) is 0.333. The van der Waals surface area contributed by atoms with Gasteiger partial charge in [-0.2, -0.15) is 0 Å². The molecule has 1 aliphatic rings. The van der Waals surface area contributed by atoms with Gasteiger partial charge < -0.3 is 10.6 Å². The van der Waals surface area contributed by atoms with Gasteiger partial charge in [0.1, 0.15) is 0 Å². The molecule has 1 heterocycles. The van der Waals surface area contributed by atoms with E-state index in [1.807, 2.05) is 11.8 Å². The molecule has 0 aliphatic carbocycles. The average molecular weight is 246 g/mol. The molecule has 2 N–H and O–H groups in total. The Hall–Kier alpha value is -2.08. The number of azo groups is 1. The summed E-state index contributed by atoms with van der Waals surface area (Å²) in [6.45, 7) is 4.00. The molecule has 2 amide bonds. The SMILES string of the molecule is CCN(CCN)c1ccc2c(c1)C(=O)N=NC2=O. The highest BCUT2D eigenvalue weighted by Gasteiger charge is 2.22. The number of carbonyl (C=O) groups is 2. The van der Waals surface area contributed by atoms with E-state index in [1.165, 1.54) is 0 Å². The molecule has 18 heavy (non-hydrogen) atoms. The Labute approximate surface area is 104 Å². The number of nitrogens with two attached hydrogens (primary N) is 1. The second-order valence-electron chi connectivity index (χ2n) is 3.91. The van der Waals surface area contributed by atoms with E-state index in [0.29, 0.717) is 24.2 Å². The molecular formula is C12H14N4O2. The highest BCUT2D eigenvalue weighted by Crippen LogP contribution is 2.23. The van der Waals surface area contributed by atoms with Gasteiger partial charge in [-0.15, -0.1) is 10.2 Å². The number of benzene rings is 1. The number of hydrogen-bond acceptors (Lipinski definition) is 4. The van der Waals surface area contributed by atoms with E-state index in [4.69, 9.17) is 5.73 Å². The lowest BCUT2D eigenvalue weighted by atomic mass is 10.0. The molecule has 0 radical (unpaired) electrons. The molecule has 0 atom stereocenters. The Morgan fingerprint density at radius 2 is 1.83 bits per heavy atom. The van der Waals surface area contributed by atoms with Crippen molar-refractivity contribution in [2.75, 3.05) is 24.5 Å².